The number of carbonyl (C=O) groups excluding carboxylic acids is 2. The molecule has 6 nitrogen and oxygen atoms in total. The number of aliphatic hydroxyl groups is 2. The summed E-state index contributed by atoms with van der Waals surface area (Å²) < 4.78 is 5.91. The molecule has 3 atom stereocenters. The fourth-order valence-corrected chi connectivity index (χ4v) is 8.10. The Hall–Kier alpha value is -2.70. The van der Waals surface area contributed by atoms with Gasteiger partial charge in [0, 0.05) is 6.42 Å². The Morgan fingerprint density at radius 1 is 0.462 bits per heavy atom. The van der Waals surface area contributed by atoms with Crippen molar-refractivity contribution in [3.8, 4) is 0 Å². The lowest BCUT2D eigenvalue weighted by molar-refractivity contribution is -0.151. The van der Waals surface area contributed by atoms with Crippen molar-refractivity contribution in [2.75, 3.05) is 6.61 Å². The second kappa shape index (κ2) is 52.3. The predicted octanol–water partition coefficient (Wildman–Crippen LogP) is 17.0. The number of esters is 1. The van der Waals surface area contributed by atoms with E-state index in [1.165, 1.54) is 116 Å². The van der Waals surface area contributed by atoms with Gasteiger partial charge in [0.25, 0.3) is 0 Å². The van der Waals surface area contributed by atoms with Gasteiger partial charge < -0.3 is 20.3 Å². The van der Waals surface area contributed by atoms with Crippen LogP contribution in [0.5, 0.6) is 0 Å². The van der Waals surface area contributed by atoms with Gasteiger partial charge in [0.1, 0.15) is 6.10 Å². The normalized spacial score (nSPS) is 13.7. The first kappa shape index (κ1) is 62.3. The van der Waals surface area contributed by atoms with Crippen molar-refractivity contribution in [1.82, 2.24) is 5.32 Å². The summed E-state index contributed by atoms with van der Waals surface area (Å²) in [6.45, 7) is 6.34. The first-order valence-corrected chi connectivity index (χ1v) is 27.7. The zero-order valence-corrected chi connectivity index (χ0v) is 42.9. The van der Waals surface area contributed by atoms with E-state index >= 15 is 0 Å². The number of amides is 1. The molecule has 0 aliphatic carbocycles. The molecule has 3 N–H and O–H groups in total. The molecule has 0 aromatic carbocycles. The van der Waals surface area contributed by atoms with Gasteiger partial charge in [-0.05, 0) is 96.3 Å². The van der Waals surface area contributed by atoms with Gasteiger partial charge >= 0.3 is 5.97 Å². The molecule has 1 amide bonds. The Morgan fingerprint density at radius 2 is 0.831 bits per heavy atom. The highest BCUT2D eigenvalue weighted by molar-refractivity contribution is 5.77. The summed E-state index contributed by atoms with van der Waals surface area (Å²) in [5, 5.41) is 23.8. The first-order chi connectivity index (χ1) is 32.0. The highest BCUT2D eigenvalue weighted by Crippen LogP contribution is 2.17. The fourth-order valence-electron chi connectivity index (χ4n) is 8.10. The number of rotatable bonds is 49. The van der Waals surface area contributed by atoms with Gasteiger partial charge in [-0.25, -0.2) is 0 Å². The minimum Gasteiger partial charge on any atom is -0.462 e. The van der Waals surface area contributed by atoms with Crippen molar-refractivity contribution in [2.45, 2.75) is 283 Å². The summed E-state index contributed by atoms with van der Waals surface area (Å²) in [4.78, 5) is 26.2. The lowest BCUT2D eigenvalue weighted by atomic mass is 10.0. The van der Waals surface area contributed by atoms with Gasteiger partial charge in [0.2, 0.25) is 5.91 Å². The lowest BCUT2D eigenvalue weighted by Gasteiger charge is -2.24. The molecule has 0 saturated carbocycles. The van der Waals surface area contributed by atoms with Crippen LogP contribution in [-0.4, -0.2) is 46.9 Å². The summed E-state index contributed by atoms with van der Waals surface area (Å²) in [6.07, 6.45) is 66.8. The summed E-state index contributed by atoms with van der Waals surface area (Å²) in [7, 11) is 0. The van der Waals surface area contributed by atoms with E-state index in [2.05, 4.69) is 99.0 Å². The van der Waals surface area contributed by atoms with E-state index < -0.39 is 18.2 Å². The maximum Gasteiger partial charge on any atom is 0.306 e. The average Bonchev–Trinajstić information content (AvgIpc) is 3.30. The van der Waals surface area contributed by atoms with Crippen LogP contribution in [0.2, 0.25) is 0 Å². The Labute approximate surface area is 402 Å². The quantitative estimate of drug-likeness (QED) is 0.0321. The summed E-state index contributed by atoms with van der Waals surface area (Å²) in [5.74, 6) is -0.537. The summed E-state index contributed by atoms with van der Waals surface area (Å²) in [5.41, 5.74) is 0. The second-order valence-electron chi connectivity index (χ2n) is 18.6. The maximum absolute atomic E-state index is 13.2. The Balaban J connectivity index is 4.57. The Kier molecular flexibility index (Phi) is 50.1. The maximum atomic E-state index is 13.2. The predicted molar refractivity (Wildman–Crippen MR) is 282 cm³/mol. The monoisotopic (exact) mass is 908 g/mol. The van der Waals surface area contributed by atoms with Crippen LogP contribution in [0.1, 0.15) is 265 Å². The number of ether oxygens (including phenoxy) is 1. The Morgan fingerprint density at radius 3 is 1.31 bits per heavy atom. The number of allylic oxidation sites excluding steroid dienone is 12. The van der Waals surface area contributed by atoms with Gasteiger partial charge in [-0.3, -0.25) is 9.59 Å². The smallest absolute Gasteiger partial charge is 0.306 e. The van der Waals surface area contributed by atoms with Crippen LogP contribution in [0, 0.1) is 0 Å². The van der Waals surface area contributed by atoms with E-state index in [4.69, 9.17) is 4.74 Å². The first-order valence-electron chi connectivity index (χ1n) is 27.7. The van der Waals surface area contributed by atoms with Crippen molar-refractivity contribution < 1.29 is 24.5 Å². The van der Waals surface area contributed by atoms with Gasteiger partial charge in [-0.2, -0.15) is 0 Å². The lowest BCUT2D eigenvalue weighted by Crippen LogP contribution is -2.46. The zero-order chi connectivity index (χ0) is 47.4. The molecule has 0 rings (SSSR count). The minimum atomic E-state index is -0.805. The number of hydrogen-bond donors (Lipinski definition) is 3. The number of carbonyl (C=O) groups is 2. The van der Waals surface area contributed by atoms with Gasteiger partial charge in [0.05, 0.1) is 25.2 Å². The molecule has 0 saturated heterocycles. The second-order valence-corrected chi connectivity index (χ2v) is 18.6. The van der Waals surface area contributed by atoms with E-state index in [0.29, 0.717) is 19.3 Å². The van der Waals surface area contributed by atoms with E-state index in [1.54, 1.807) is 0 Å². The number of hydrogen-bond acceptors (Lipinski definition) is 5. The van der Waals surface area contributed by atoms with Crippen LogP contribution < -0.4 is 5.32 Å². The van der Waals surface area contributed by atoms with Crippen LogP contribution in [0.4, 0.5) is 0 Å². The molecule has 0 aliphatic heterocycles. The molecule has 0 radical (unpaired) electrons. The standard InChI is InChI=1S/C59H105NO5/c1-4-7-10-13-16-19-22-25-27-29-31-33-36-39-42-45-48-51-57(62)56(54-61)60-58(63)53-55(50-47-44-41-38-35-24-21-18-15-12-9-6-3)65-59(64)52-49-46-43-40-37-34-32-30-28-26-23-20-17-14-11-8-5-2/h9,12,17-18,20-21,26,28,32,34-35,38,55-57,61-62H,4-8,10-11,13-16,19,22-25,27,29-31,33,36-37,39-54H2,1-3H3,(H,60,63)/b12-9+,20-17-,21-18+,28-26-,34-32-,38-35+. The molecule has 0 fully saturated rings. The fraction of sp³-hybridized carbons (Fsp3) is 0.763. The largest absolute Gasteiger partial charge is 0.462 e. The minimum absolute atomic E-state index is 0.0401. The summed E-state index contributed by atoms with van der Waals surface area (Å²) in [6, 6.07) is -0.722. The number of aliphatic hydroxyl groups excluding tert-OH is 2. The zero-order valence-electron chi connectivity index (χ0n) is 42.9. The molecule has 376 valence electrons. The molecule has 0 bridgehead atoms. The highest BCUT2D eigenvalue weighted by atomic mass is 16.5. The molecule has 0 heterocycles. The SMILES string of the molecule is CC/C=C/C/C=C/C/C=C/CCCCC(CC(=O)NC(CO)C(O)CCCCCCCCCCCCCCCCCCC)OC(=O)CCCCCC/C=C\C/C=C\C/C=C\CCCCC. The van der Waals surface area contributed by atoms with E-state index in [0.717, 1.165) is 103 Å². The number of nitrogens with one attached hydrogen (secondary N) is 1. The van der Waals surface area contributed by atoms with Crippen molar-refractivity contribution in [3.63, 3.8) is 0 Å². The highest BCUT2D eigenvalue weighted by Gasteiger charge is 2.24. The third kappa shape index (κ3) is 47.6. The van der Waals surface area contributed by atoms with Crippen LogP contribution >= 0.6 is 0 Å². The van der Waals surface area contributed by atoms with Gasteiger partial charge in [0.15, 0.2) is 0 Å². The molecule has 0 aromatic heterocycles. The Bertz CT molecular complexity index is 1200. The molecule has 65 heavy (non-hydrogen) atoms. The molecule has 0 aromatic rings. The van der Waals surface area contributed by atoms with E-state index in [1.807, 2.05) is 0 Å². The molecular formula is C59H105NO5. The van der Waals surface area contributed by atoms with Crippen LogP contribution in [-0.2, 0) is 14.3 Å². The molecule has 0 aliphatic rings. The van der Waals surface area contributed by atoms with Crippen molar-refractivity contribution in [1.29, 1.82) is 0 Å². The molecule has 6 heteroatoms. The van der Waals surface area contributed by atoms with E-state index in [-0.39, 0.29) is 24.9 Å². The van der Waals surface area contributed by atoms with Crippen LogP contribution in [0.25, 0.3) is 0 Å². The third-order valence-electron chi connectivity index (χ3n) is 12.3. The van der Waals surface area contributed by atoms with Crippen molar-refractivity contribution in [3.05, 3.63) is 72.9 Å². The molecule has 3 unspecified atom stereocenters. The van der Waals surface area contributed by atoms with Crippen molar-refractivity contribution in [2.24, 2.45) is 0 Å². The van der Waals surface area contributed by atoms with Gasteiger partial charge in [-0.1, -0.05) is 229 Å². The van der Waals surface area contributed by atoms with Crippen LogP contribution in [0.3, 0.4) is 0 Å². The van der Waals surface area contributed by atoms with Gasteiger partial charge in [-0.15, -0.1) is 0 Å². The molecular weight excluding hydrogens is 803 g/mol. The number of unbranched alkanes of at least 4 members (excludes halogenated alkanes) is 25. The van der Waals surface area contributed by atoms with E-state index in [9.17, 15) is 19.8 Å². The third-order valence-corrected chi connectivity index (χ3v) is 12.3. The average molecular weight is 908 g/mol. The van der Waals surface area contributed by atoms with Crippen molar-refractivity contribution >= 4 is 11.9 Å². The summed E-state index contributed by atoms with van der Waals surface area (Å²) >= 11 is 0. The molecule has 0 spiro atoms. The van der Waals surface area contributed by atoms with Crippen LogP contribution in [0.15, 0.2) is 72.9 Å². The topological polar surface area (TPSA) is 95.9 Å².